The van der Waals surface area contributed by atoms with Crippen LogP contribution in [0.15, 0.2) is 23.9 Å². The molecule has 0 aromatic carbocycles. The number of carbonyl (C=O) groups excluding carboxylic acids is 1. The summed E-state index contributed by atoms with van der Waals surface area (Å²) in [5, 5.41) is 20.8. The van der Waals surface area contributed by atoms with Crippen molar-refractivity contribution in [1.82, 2.24) is 0 Å². The fourth-order valence-electron chi connectivity index (χ4n) is 1.04. The van der Waals surface area contributed by atoms with Crippen molar-refractivity contribution in [1.29, 1.82) is 0 Å². The van der Waals surface area contributed by atoms with Crippen LogP contribution in [0.5, 0.6) is 0 Å². The Labute approximate surface area is 78.0 Å². The minimum atomic E-state index is -1.83. The molecule has 74 valence electrons. The number of aldehydes is 1. The third-order valence-corrected chi connectivity index (χ3v) is 1.94. The molecule has 0 heterocycles. The standard InChI is InChI=1S/C7H6N2O5/c10-5-7(9(13)14)3-1-6(2-4-7)8(11)12/h1-3,5H,4H2. The maximum atomic E-state index is 10.5. The summed E-state index contributed by atoms with van der Waals surface area (Å²) in [5.41, 5.74) is -2.07. The summed E-state index contributed by atoms with van der Waals surface area (Å²) in [6, 6.07) is 0. The van der Waals surface area contributed by atoms with Crippen molar-refractivity contribution in [3.05, 3.63) is 44.2 Å². The number of allylic oxidation sites excluding steroid dienone is 1. The molecule has 1 atom stereocenters. The molecule has 1 unspecified atom stereocenters. The van der Waals surface area contributed by atoms with Gasteiger partial charge in [0.1, 0.15) is 0 Å². The van der Waals surface area contributed by atoms with Gasteiger partial charge in [0.15, 0.2) is 0 Å². The van der Waals surface area contributed by atoms with Gasteiger partial charge in [-0.1, -0.05) is 0 Å². The number of nitro groups is 2. The molecule has 0 N–H and O–H groups in total. The Morgan fingerprint density at radius 3 is 2.36 bits per heavy atom. The molecule has 7 nitrogen and oxygen atoms in total. The zero-order valence-electron chi connectivity index (χ0n) is 6.95. The fourth-order valence-corrected chi connectivity index (χ4v) is 1.04. The summed E-state index contributed by atoms with van der Waals surface area (Å²) < 4.78 is 0. The first-order chi connectivity index (χ1) is 6.52. The molecule has 0 aliphatic heterocycles. The van der Waals surface area contributed by atoms with Crippen LogP contribution >= 0.6 is 0 Å². The Kier molecular flexibility index (Phi) is 2.41. The van der Waals surface area contributed by atoms with Crippen LogP contribution in [0, 0.1) is 20.2 Å². The average molecular weight is 198 g/mol. The van der Waals surface area contributed by atoms with Gasteiger partial charge in [0.05, 0.1) is 11.3 Å². The summed E-state index contributed by atoms with van der Waals surface area (Å²) in [6.07, 6.45) is 2.88. The zero-order chi connectivity index (χ0) is 10.8. The van der Waals surface area contributed by atoms with Crippen molar-refractivity contribution in [3.8, 4) is 0 Å². The number of carbonyl (C=O) groups is 1. The number of nitrogens with zero attached hydrogens (tertiary/aromatic N) is 2. The highest BCUT2D eigenvalue weighted by molar-refractivity contribution is 5.67. The monoisotopic (exact) mass is 198 g/mol. The maximum Gasteiger partial charge on any atom is 0.298 e. The minimum Gasteiger partial charge on any atom is -0.295 e. The van der Waals surface area contributed by atoms with Crippen LogP contribution in [0.2, 0.25) is 0 Å². The van der Waals surface area contributed by atoms with Crippen LogP contribution in [-0.4, -0.2) is 21.7 Å². The molecule has 0 saturated heterocycles. The van der Waals surface area contributed by atoms with E-state index in [0.717, 1.165) is 18.2 Å². The molecule has 0 saturated carbocycles. The summed E-state index contributed by atoms with van der Waals surface area (Å²) in [5.74, 6) is 0. The number of hydrogen-bond acceptors (Lipinski definition) is 5. The van der Waals surface area contributed by atoms with E-state index in [2.05, 4.69) is 0 Å². The van der Waals surface area contributed by atoms with Crippen LogP contribution in [0.1, 0.15) is 6.42 Å². The first-order valence-electron chi connectivity index (χ1n) is 3.66. The highest BCUT2D eigenvalue weighted by atomic mass is 16.6. The molecule has 0 radical (unpaired) electrons. The molecule has 0 amide bonds. The summed E-state index contributed by atoms with van der Waals surface area (Å²) in [6.45, 7) is 0. The van der Waals surface area contributed by atoms with Crippen molar-refractivity contribution in [2.24, 2.45) is 0 Å². The van der Waals surface area contributed by atoms with Crippen molar-refractivity contribution in [2.75, 3.05) is 0 Å². The van der Waals surface area contributed by atoms with Crippen molar-refractivity contribution >= 4 is 6.29 Å². The summed E-state index contributed by atoms with van der Waals surface area (Å²) in [7, 11) is 0. The van der Waals surface area contributed by atoms with Gasteiger partial charge in [-0.25, -0.2) is 0 Å². The first-order valence-corrected chi connectivity index (χ1v) is 3.66. The molecule has 14 heavy (non-hydrogen) atoms. The first kappa shape index (κ1) is 10.0. The maximum absolute atomic E-state index is 10.5. The molecule has 0 fully saturated rings. The molecule has 0 aromatic rings. The molecule has 0 aromatic heterocycles. The van der Waals surface area contributed by atoms with Crippen LogP contribution in [0.3, 0.4) is 0 Å². The van der Waals surface area contributed by atoms with Gasteiger partial charge in [0.25, 0.3) is 11.2 Å². The van der Waals surface area contributed by atoms with Crippen LogP contribution in [0.25, 0.3) is 0 Å². The van der Waals surface area contributed by atoms with Crippen molar-refractivity contribution in [2.45, 2.75) is 12.0 Å². The van der Waals surface area contributed by atoms with E-state index < -0.39 is 15.4 Å². The van der Waals surface area contributed by atoms with E-state index in [0.29, 0.717) is 0 Å². The largest absolute Gasteiger partial charge is 0.298 e. The third kappa shape index (κ3) is 1.51. The highest BCUT2D eigenvalue weighted by Crippen LogP contribution is 2.22. The SMILES string of the molecule is O=CC1([N+](=O)[O-])C=CC([N+](=O)[O-])=CC1. The molecule has 0 spiro atoms. The summed E-state index contributed by atoms with van der Waals surface area (Å²) >= 11 is 0. The number of rotatable bonds is 3. The van der Waals surface area contributed by atoms with Gasteiger partial charge in [-0.05, 0) is 0 Å². The molecule has 0 bridgehead atoms. The second-order valence-corrected chi connectivity index (χ2v) is 2.79. The van der Waals surface area contributed by atoms with Crippen molar-refractivity contribution in [3.63, 3.8) is 0 Å². The van der Waals surface area contributed by atoms with Gasteiger partial charge >= 0.3 is 0 Å². The Balaban J connectivity index is 2.96. The van der Waals surface area contributed by atoms with Gasteiger partial charge in [0.2, 0.25) is 6.29 Å². The van der Waals surface area contributed by atoms with E-state index in [9.17, 15) is 25.0 Å². The Morgan fingerprint density at radius 2 is 2.07 bits per heavy atom. The predicted molar refractivity (Wildman–Crippen MR) is 44.6 cm³/mol. The molecule has 1 aliphatic rings. The van der Waals surface area contributed by atoms with Crippen LogP contribution < -0.4 is 0 Å². The lowest BCUT2D eigenvalue weighted by Crippen LogP contribution is -2.38. The quantitative estimate of drug-likeness (QED) is 0.369. The molecular formula is C7H6N2O5. The Hall–Kier alpha value is -2.05. The van der Waals surface area contributed by atoms with E-state index in [1.54, 1.807) is 0 Å². The number of hydrogen-bond donors (Lipinski definition) is 0. The average Bonchev–Trinajstić information content (AvgIpc) is 2.17. The Bertz CT molecular complexity index is 359. The van der Waals surface area contributed by atoms with Gasteiger partial charge in [-0.2, -0.15) is 0 Å². The molecule has 1 rings (SSSR count). The molecular weight excluding hydrogens is 192 g/mol. The zero-order valence-corrected chi connectivity index (χ0v) is 6.95. The smallest absolute Gasteiger partial charge is 0.295 e. The fraction of sp³-hybridized carbons (Fsp3) is 0.286. The van der Waals surface area contributed by atoms with E-state index in [1.807, 2.05) is 0 Å². The summed E-state index contributed by atoms with van der Waals surface area (Å²) in [4.78, 5) is 29.8. The Morgan fingerprint density at radius 1 is 1.43 bits per heavy atom. The van der Waals surface area contributed by atoms with Gasteiger partial charge < -0.3 is 0 Å². The topological polar surface area (TPSA) is 103 Å². The normalized spacial score (nSPS) is 25.3. The van der Waals surface area contributed by atoms with Gasteiger partial charge in [-0.15, -0.1) is 0 Å². The van der Waals surface area contributed by atoms with E-state index >= 15 is 0 Å². The lowest BCUT2D eigenvalue weighted by Gasteiger charge is -2.14. The van der Waals surface area contributed by atoms with E-state index in [-0.39, 0.29) is 18.4 Å². The lowest BCUT2D eigenvalue weighted by molar-refractivity contribution is -0.535. The lowest BCUT2D eigenvalue weighted by atomic mass is 9.93. The van der Waals surface area contributed by atoms with Gasteiger partial charge in [0, 0.05) is 23.2 Å². The van der Waals surface area contributed by atoms with Crippen LogP contribution in [-0.2, 0) is 4.79 Å². The van der Waals surface area contributed by atoms with E-state index in [4.69, 9.17) is 0 Å². The molecule has 1 aliphatic carbocycles. The second kappa shape index (κ2) is 3.36. The third-order valence-electron chi connectivity index (χ3n) is 1.94. The van der Waals surface area contributed by atoms with Crippen molar-refractivity contribution < 1.29 is 14.6 Å². The van der Waals surface area contributed by atoms with E-state index in [1.165, 1.54) is 0 Å². The molecule has 7 heteroatoms. The second-order valence-electron chi connectivity index (χ2n) is 2.79. The highest BCUT2D eigenvalue weighted by Gasteiger charge is 2.42. The predicted octanol–water partition coefficient (Wildman–Crippen LogP) is 0.321. The minimum absolute atomic E-state index is 0.177. The van der Waals surface area contributed by atoms with Gasteiger partial charge in [-0.3, -0.25) is 25.0 Å². The van der Waals surface area contributed by atoms with Crippen LogP contribution in [0.4, 0.5) is 0 Å².